The number of hydrogen-bond donors (Lipinski definition) is 1. The van der Waals surface area contributed by atoms with Crippen LogP contribution in [0.5, 0.6) is 0 Å². The number of allylic oxidation sites excluding steroid dienone is 18. The third-order valence-electron chi connectivity index (χ3n) is 10.8. The van der Waals surface area contributed by atoms with Crippen molar-refractivity contribution < 1.29 is 24.2 Å². The van der Waals surface area contributed by atoms with Crippen LogP contribution in [0.25, 0.3) is 0 Å². The van der Waals surface area contributed by atoms with E-state index in [9.17, 15) is 14.7 Å². The van der Waals surface area contributed by atoms with Crippen LogP contribution in [0.1, 0.15) is 226 Å². The standard InChI is InChI=1S/C58H96O5/c1-3-5-7-9-11-13-15-17-18-19-20-21-22-23-24-25-26-27-28-29-30-31-32-33-34-35-36-37-38-39-40-41-43-45-47-49-51-53-58(61)63-56(54-59)55-62-57(60)52-50-48-46-44-42-16-14-12-10-8-6-4-2/h5,7,11,13,17-18,20-21,23-24,26-27,29-30,32-33,35-36,56,59H,3-4,6,8-10,12,14-16,19,22,25,28,31,34,37-55H2,1-2H3/b7-5-,13-11-,18-17-,21-20-,24-23-,27-26-,30-29-,33-32-,36-35-. The van der Waals surface area contributed by atoms with Crippen LogP contribution in [-0.2, 0) is 19.1 Å². The summed E-state index contributed by atoms with van der Waals surface area (Å²) in [4.78, 5) is 24.4. The smallest absolute Gasteiger partial charge is 0.306 e. The van der Waals surface area contributed by atoms with Crippen LogP contribution < -0.4 is 0 Å². The second-order valence-corrected chi connectivity index (χ2v) is 16.9. The van der Waals surface area contributed by atoms with Crippen molar-refractivity contribution in [3.05, 3.63) is 109 Å². The maximum atomic E-state index is 12.2. The van der Waals surface area contributed by atoms with E-state index in [4.69, 9.17) is 9.47 Å². The molecule has 0 spiro atoms. The number of hydrogen-bond acceptors (Lipinski definition) is 5. The Hall–Kier alpha value is -3.44. The summed E-state index contributed by atoms with van der Waals surface area (Å²) < 4.78 is 10.6. The fraction of sp³-hybridized carbons (Fsp3) is 0.655. The first-order chi connectivity index (χ1) is 31.1. The van der Waals surface area contributed by atoms with Gasteiger partial charge < -0.3 is 14.6 Å². The molecule has 0 aromatic rings. The van der Waals surface area contributed by atoms with Crippen LogP contribution in [-0.4, -0.2) is 36.4 Å². The van der Waals surface area contributed by atoms with Crippen LogP contribution >= 0.6 is 0 Å². The van der Waals surface area contributed by atoms with E-state index in [0.717, 1.165) is 103 Å². The summed E-state index contributed by atoms with van der Waals surface area (Å²) in [6, 6.07) is 0. The molecular weight excluding hydrogens is 777 g/mol. The van der Waals surface area contributed by atoms with E-state index in [0.29, 0.717) is 12.8 Å². The lowest BCUT2D eigenvalue weighted by molar-refractivity contribution is -0.161. The zero-order valence-electron chi connectivity index (χ0n) is 40.8. The molecule has 0 aromatic heterocycles. The number of aliphatic hydroxyl groups is 1. The molecule has 0 saturated heterocycles. The highest BCUT2D eigenvalue weighted by atomic mass is 16.6. The Bertz CT molecular complexity index is 1260. The van der Waals surface area contributed by atoms with Crippen molar-refractivity contribution in [3.8, 4) is 0 Å². The molecule has 0 radical (unpaired) electrons. The second kappa shape index (κ2) is 52.9. The second-order valence-electron chi connectivity index (χ2n) is 16.9. The molecule has 5 nitrogen and oxygen atoms in total. The highest BCUT2D eigenvalue weighted by Crippen LogP contribution is 2.14. The minimum Gasteiger partial charge on any atom is -0.462 e. The predicted octanol–water partition coefficient (Wildman–Crippen LogP) is 17.4. The van der Waals surface area contributed by atoms with E-state index in [-0.39, 0.29) is 25.2 Å². The fourth-order valence-corrected chi connectivity index (χ4v) is 6.96. The summed E-state index contributed by atoms with van der Waals surface area (Å²) in [6.45, 7) is 4.01. The first-order valence-corrected chi connectivity index (χ1v) is 25.9. The third kappa shape index (κ3) is 51.1. The summed E-state index contributed by atoms with van der Waals surface area (Å²) in [5.41, 5.74) is 0. The van der Waals surface area contributed by atoms with Crippen LogP contribution in [0.15, 0.2) is 109 Å². The number of unbranched alkanes of at least 4 members (excludes halogenated alkanes) is 20. The molecule has 0 aliphatic rings. The molecule has 0 heterocycles. The van der Waals surface area contributed by atoms with E-state index in [1.807, 2.05) is 0 Å². The van der Waals surface area contributed by atoms with Crippen LogP contribution in [0.3, 0.4) is 0 Å². The number of aliphatic hydroxyl groups excluding tert-OH is 1. The van der Waals surface area contributed by atoms with Crippen molar-refractivity contribution in [2.24, 2.45) is 0 Å². The van der Waals surface area contributed by atoms with Crippen LogP contribution in [0.4, 0.5) is 0 Å². The van der Waals surface area contributed by atoms with Gasteiger partial charge in [0.2, 0.25) is 0 Å². The molecule has 1 unspecified atom stereocenters. The number of carbonyl (C=O) groups excluding carboxylic acids is 2. The number of esters is 2. The van der Waals surface area contributed by atoms with Gasteiger partial charge >= 0.3 is 11.9 Å². The minimum absolute atomic E-state index is 0.0707. The first-order valence-electron chi connectivity index (χ1n) is 25.9. The summed E-state index contributed by atoms with van der Waals surface area (Å²) in [5.74, 6) is -0.600. The monoisotopic (exact) mass is 873 g/mol. The minimum atomic E-state index is -0.778. The Balaban J connectivity index is 3.58. The molecule has 0 saturated carbocycles. The molecule has 0 rings (SSSR count). The Morgan fingerprint density at radius 3 is 1.03 bits per heavy atom. The van der Waals surface area contributed by atoms with E-state index >= 15 is 0 Å². The topological polar surface area (TPSA) is 72.8 Å². The zero-order chi connectivity index (χ0) is 45.6. The molecule has 0 amide bonds. The molecular formula is C58H96O5. The number of carbonyl (C=O) groups is 2. The van der Waals surface area contributed by atoms with Gasteiger partial charge in [-0.3, -0.25) is 9.59 Å². The Kier molecular flexibility index (Phi) is 50.0. The van der Waals surface area contributed by atoms with Crippen molar-refractivity contribution in [1.82, 2.24) is 0 Å². The van der Waals surface area contributed by atoms with Crippen LogP contribution in [0.2, 0.25) is 0 Å². The van der Waals surface area contributed by atoms with Gasteiger partial charge in [-0.25, -0.2) is 0 Å². The molecule has 1 N–H and O–H groups in total. The van der Waals surface area contributed by atoms with Gasteiger partial charge in [-0.05, 0) is 83.5 Å². The molecule has 0 fully saturated rings. The average molecular weight is 873 g/mol. The number of ether oxygens (including phenoxy) is 2. The summed E-state index contributed by atoms with van der Waals surface area (Å²) in [6.07, 6.45) is 76.2. The largest absolute Gasteiger partial charge is 0.462 e. The lowest BCUT2D eigenvalue weighted by Gasteiger charge is -2.15. The average Bonchev–Trinajstić information content (AvgIpc) is 3.29. The van der Waals surface area contributed by atoms with Gasteiger partial charge in [-0.15, -0.1) is 0 Å². The van der Waals surface area contributed by atoms with Crippen LogP contribution in [0, 0.1) is 0 Å². The highest BCUT2D eigenvalue weighted by molar-refractivity contribution is 5.70. The summed E-state index contributed by atoms with van der Waals surface area (Å²) in [5, 5.41) is 9.60. The molecule has 0 aliphatic heterocycles. The van der Waals surface area contributed by atoms with E-state index in [1.54, 1.807) is 0 Å². The first kappa shape index (κ1) is 59.6. The highest BCUT2D eigenvalue weighted by Gasteiger charge is 2.16. The maximum absolute atomic E-state index is 12.2. The molecule has 1 atom stereocenters. The third-order valence-corrected chi connectivity index (χ3v) is 10.8. The lowest BCUT2D eigenvalue weighted by atomic mass is 10.0. The van der Waals surface area contributed by atoms with E-state index in [2.05, 4.69) is 123 Å². The van der Waals surface area contributed by atoms with Gasteiger partial charge in [0, 0.05) is 12.8 Å². The molecule has 358 valence electrons. The van der Waals surface area contributed by atoms with Crippen molar-refractivity contribution in [2.45, 2.75) is 232 Å². The molecule has 0 bridgehead atoms. The van der Waals surface area contributed by atoms with Gasteiger partial charge in [-0.1, -0.05) is 239 Å². The summed E-state index contributed by atoms with van der Waals surface area (Å²) >= 11 is 0. The van der Waals surface area contributed by atoms with Crippen molar-refractivity contribution in [3.63, 3.8) is 0 Å². The normalized spacial score (nSPS) is 13.1. The van der Waals surface area contributed by atoms with Gasteiger partial charge in [-0.2, -0.15) is 0 Å². The fourth-order valence-electron chi connectivity index (χ4n) is 6.96. The maximum Gasteiger partial charge on any atom is 0.306 e. The van der Waals surface area contributed by atoms with Gasteiger partial charge in [0.05, 0.1) is 6.61 Å². The number of rotatable bonds is 46. The van der Waals surface area contributed by atoms with Gasteiger partial charge in [0.15, 0.2) is 6.10 Å². The SMILES string of the molecule is CC/C=C\C/C=C\C/C=C\C/C=C\C/C=C\C/C=C\C/C=C\C/C=C\C/C=C\CCCCCCCCCCCC(=O)OC(CO)COC(=O)CCCCCCCCCCCCCC. The molecule has 0 aromatic carbocycles. The predicted molar refractivity (Wildman–Crippen MR) is 274 cm³/mol. The summed E-state index contributed by atoms with van der Waals surface area (Å²) in [7, 11) is 0. The quantitative estimate of drug-likeness (QED) is 0.0375. The van der Waals surface area contributed by atoms with E-state index < -0.39 is 6.10 Å². The Labute approximate surface area is 389 Å². The van der Waals surface area contributed by atoms with E-state index in [1.165, 1.54) is 96.3 Å². The molecule has 63 heavy (non-hydrogen) atoms. The Morgan fingerprint density at radius 1 is 0.381 bits per heavy atom. The van der Waals surface area contributed by atoms with Crippen molar-refractivity contribution in [2.75, 3.05) is 13.2 Å². The molecule has 5 heteroatoms. The van der Waals surface area contributed by atoms with Gasteiger partial charge in [0.1, 0.15) is 6.61 Å². The van der Waals surface area contributed by atoms with Crippen molar-refractivity contribution in [1.29, 1.82) is 0 Å². The lowest BCUT2D eigenvalue weighted by Crippen LogP contribution is -2.28. The Morgan fingerprint density at radius 2 is 0.683 bits per heavy atom. The molecule has 0 aliphatic carbocycles. The van der Waals surface area contributed by atoms with Gasteiger partial charge in [0.25, 0.3) is 0 Å². The zero-order valence-corrected chi connectivity index (χ0v) is 40.8. The van der Waals surface area contributed by atoms with Crippen molar-refractivity contribution >= 4 is 11.9 Å².